The number of hydrogen-bond acceptors (Lipinski definition) is 6. The number of benzene rings is 2. The Morgan fingerprint density at radius 1 is 0.964 bits per heavy atom. The van der Waals surface area contributed by atoms with E-state index in [1.807, 2.05) is 42.5 Å². The van der Waals surface area contributed by atoms with Gasteiger partial charge in [0.15, 0.2) is 0 Å². The van der Waals surface area contributed by atoms with E-state index in [-0.39, 0.29) is 11.1 Å². The normalized spacial score (nSPS) is 17.1. The molecule has 0 fully saturated rings. The molecule has 0 saturated heterocycles. The molecule has 1 aliphatic carbocycles. The quantitative estimate of drug-likeness (QED) is 0.793. The summed E-state index contributed by atoms with van der Waals surface area (Å²) in [5.74, 6) is -2.75. The van der Waals surface area contributed by atoms with Gasteiger partial charge in [-0.3, -0.25) is 0 Å². The Bertz CT molecular complexity index is 962. The van der Waals surface area contributed by atoms with E-state index in [0.29, 0.717) is 11.1 Å². The number of methoxy groups -OCH3 is 2. The number of hydrogen-bond donors (Lipinski definition) is 2. The van der Waals surface area contributed by atoms with Gasteiger partial charge in [-0.1, -0.05) is 54.6 Å². The molecular weight excluding hydrogens is 358 g/mol. The Hall–Kier alpha value is -3.38. The number of esters is 2. The third kappa shape index (κ3) is 3.42. The van der Waals surface area contributed by atoms with Gasteiger partial charge in [0.05, 0.1) is 19.8 Å². The molecule has 1 aliphatic rings. The Balaban J connectivity index is 2.30. The highest BCUT2D eigenvalue weighted by Gasteiger charge is 2.38. The van der Waals surface area contributed by atoms with Crippen LogP contribution < -0.4 is 5.73 Å². The van der Waals surface area contributed by atoms with E-state index >= 15 is 0 Å². The molecule has 2 aromatic carbocycles. The lowest BCUT2D eigenvalue weighted by Gasteiger charge is -2.27. The summed E-state index contributed by atoms with van der Waals surface area (Å²) in [5, 5.41) is 10.9. The van der Waals surface area contributed by atoms with Crippen LogP contribution in [0.5, 0.6) is 0 Å². The second-order valence-electron chi connectivity index (χ2n) is 6.35. The third-order valence-corrected chi connectivity index (χ3v) is 4.81. The number of rotatable bonds is 4. The van der Waals surface area contributed by atoms with E-state index in [1.54, 1.807) is 12.1 Å². The molecule has 0 spiro atoms. The number of carbonyl (C=O) groups is 2. The van der Waals surface area contributed by atoms with Crippen LogP contribution in [-0.2, 0) is 19.1 Å². The minimum atomic E-state index is -0.764. The number of aliphatic hydroxyl groups excluding tert-OH is 1. The molecule has 0 heterocycles. The first-order chi connectivity index (χ1) is 13.5. The molecule has 3 N–H and O–H groups in total. The van der Waals surface area contributed by atoms with Crippen molar-refractivity contribution in [3.63, 3.8) is 0 Å². The van der Waals surface area contributed by atoms with Gasteiger partial charge in [-0.2, -0.15) is 0 Å². The Kier molecular flexibility index (Phi) is 5.61. The summed E-state index contributed by atoms with van der Waals surface area (Å²) in [4.78, 5) is 24.9. The van der Waals surface area contributed by atoms with Gasteiger partial charge in [0.1, 0.15) is 11.3 Å². The Morgan fingerprint density at radius 2 is 1.57 bits per heavy atom. The van der Waals surface area contributed by atoms with Crippen LogP contribution in [0.2, 0.25) is 0 Å². The summed E-state index contributed by atoms with van der Waals surface area (Å²) in [6.45, 7) is 0. The first-order valence-corrected chi connectivity index (χ1v) is 8.70. The highest BCUT2D eigenvalue weighted by molar-refractivity contribution is 6.03. The van der Waals surface area contributed by atoms with Crippen LogP contribution >= 0.6 is 0 Å². The molecule has 2 aromatic rings. The van der Waals surface area contributed by atoms with Crippen LogP contribution in [0.25, 0.3) is 6.08 Å². The summed E-state index contributed by atoms with van der Waals surface area (Å²) in [6, 6.07) is 15.8. The van der Waals surface area contributed by atoms with Crippen LogP contribution in [0.3, 0.4) is 0 Å². The zero-order chi connectivity index (χ0) is 20.3. The number of aliphatic hydroxyl groups is 1. The number of carbonyl (C=O) groups excluding carboxylic acids is 2. The molecule has 28 heavy (non-hydrogen) atoms. The molecule has 0 aliphatic heterocycles. The van der Waals surface area contributed by atoms with Crippen LogP contribution in [0.15, 0.2) is 71.5 Å². The summed E-state index contributed by atoms with van der Waals surface area (Å²) < 4.78 is 9.71. The van der Waals surface area contributed by atoms with E-state index < -0.39 is 29.7 Å². The Morgan fingerprint density at radius 3 is 2.21 bits per heavy atom. The summed E-state index contributed by atoms with van der Waals surface area (Å²) in [5.41, 5.74) is 8.48. The van der Waals surface area contributed by atoms with Gasteiger partial charge in [0.2, 0.25) is 0 Å². The minimum Gasteiger partial charge on any atom is -0.506 e. The van der Waals surface area contributed by atoms with Crippen LogP contribution in [-0.4, -0.2) is 31.3 Å². The second-order valence-corrected chi connectivity index (χ2v) is 6.35. The summed E-state index contributed by atoms with van der Waals surface area (Å²) in [7, 11) is 2.42. The first kappa shape index (κ1) is 19.4. The van der Waals surface area contributed by atoms with Gasteiger partial charge in [0, 0.05) is 12.0 Å². The number of fused-ring (bicyclic) bond motifs is 1. The lowest BCUT2D eigenvalue weighted by molar-refractivity contribution is -0.136. The average molecular weight is 379 g/mol. The van der Waals surface area contributed by atoms with Crippen molar-refractivity contribution in [1.82, 2.24) is 0 Å². The maximum absolute atomic E-state index is 12.7. The van der Waals surface area contributed by atoms with Crippen molar-refractivity contribution in [2.45, 2.75) is 12.0 Å². The van der Waals surface area contributed by atoms with Crippen molar-refractivity contribution in [3.05, 3.63) is 88.2 Å². The van der Waals surface area contributed by atoms with Gasteiger partial charge in [-0.05, 0) is 22.8 Å². The molecule has 0 radical (unpaired) electrons. The fraction of sp³-hybridized carbons (Fsp3) is 0.182. The minimum absolute atomic E-state index is 0.0829. The largest absolute Gasteiger partial charge is 0.506 e. The monoisotopic (exact) mass is 379 g/mol. The molecule has 2 atom stereocenters. The van der Waals surface area contributed by atoms with Crippen molar-refractivity contribution < 1.29 is 24.2 Å². The molecule has 6 heteroatoms. The van der Waals surface area contributed by atoms with Crippen molar-refractivity contribution >= 4 is 18.0 Å². The van der Waals surface area contributed by atoms with Crippen molar-refractivity contribution in [1.29, 1.82) is 0 Å². The van der Waals surface area contributed by atoms with Gasteiger partial charge >= 0.3 is 11.9 Å². The predicted molar refractivity (Wildman–Crippen MR) is 104 cm³/mol. The highest BCUT2D eigenvalue weighted by Crippen LogP contribution is 2.42. The van der Waals surface area contributed by atoms with E-state index in [1.165, 1.54) is 20.3 Å². The maximum Gasteiger partial charge on any atom is 0.341 e. The van der Waals surface area contributed by atoms with E-state index in [0.717, 1.165) is 5.56 Å². The molecule has 0 bridgehead atoms. The smallest absolute Gasteiger partial charge is 0.341 e. The lowest BCUT2D eigenvalue weighted by atomic mass is 9.80. The molecular formula is C22H21NO5. The Labute approximate surface area is 162 Å². The fourth-order valence-electron chi connectivity index (χ4n) is 3.44. The van der Waals surface area contributed by atoms with Gasteiger partial charge in [0.25, 0.3) is 0 Å². The van der Waals surface area contributed by atoms with E-state index in [2.05, 4.69) is 0 Å². The van der Waals surface area contributed by atoms with E-state index in [4.69, 9.17) is 15.2 Å². The van der Waals surface area contributed by atoms with E-state index in [9.17, 15) is 14.7 Å². The van der Waals surface area contributed by atoms with Gasteiger partial charge in [-0.15, -0.1) is 0 Å². The zero-order valence-corrected chi connectivity index (χ0v) is 15.6. The molecule has 0 unspecified atom stereocenters. The molecule has 144 valence electrons. The zero-order valence-electron chi connectivity index (χ0n) is 15.6. The molecule has 3 rings (SSSR count). The lowest BCUT2D eigenvalue weighted by Crippen LogP contribution is -2.27. The highest BCUT2D eigenvalue weighted by atomic mass is 16.5. The SMILES string of the molecule is COC(=O)C1=Cc2ccccc2[C@@H]([C@H](N)c2ccccc2)C(C(=O)OC)=C1O. The predicted octanol–water partition coefficient (Wildman–Crippen LogP) is 3.03. The standard InChI is InChI=1S/C22H21NO5/c1-27-21(25)16-12-14-10-6-7-11-15(14)17(18(20(16)24)22(26)28-2)19(23)13-8-4-3-5-9-13/h3-12,17,19,24H,23H2,1-2H3/t17-,19-/m1/s1. The van der Waals surface area contributed by atoms with Crippen LogP contribution in [0.4, 0.5) is 0 Å². The van der Waals surface area contributed by atoms with Crippen LogP contribution in [0, 0.1) is 0 Å². The van der Waals surface area contributed by atoms with Gasteiger partial charge < -0.3 is 20.3 Å². The molecule has 0 aromatic heterocycles. The van der Waals surface area contributed by atoms with Crippen molar-refractivity contribution in [2.24, 2.45) is 5.73 Å². The topological polar surface area (TPSA) is 98.9 Å². The number of nitrogens with two attached hydrogens (primary N) is 1. The second kappa shape index (κ2) is 8.10. The summed E-state index contributed by atoms with van der Waals surface area (Å²) >= 11 is 0. The maximum atomic E-state index is 12.7. The van der Waals surface area contributed by atoms with Crippen molar-refractivity contribution in [3.8, 4) is 0 Å². The molecule has 0 amide bonds. The number of ether oxygens (including phenoxy) is 2. The third-order valence-electron chi connectivity index (χ3n) is 4.81. The molecule has 6 nitrogen and oxygen atoms in total. The average Bonchev–Trinajstić information content (AvgIpc) is 2.87. The summed E-state index contributed by atoms with van der Waals surface area (Å²) in [6.07, 6.45) is 1.50. The first-order valence-electron chi connectivity index (χ1n) is 8.70. The van der Waals surface area contributed by atoms with Crippen molar-refractivity contribution in [2.75, 3.05) is 14.2 Å². The fourth-order valence-corrected chi connectivity index (χ4v) is 3.44. The van der Waals surface area contributed by atoms with Gasteiger partial charge in [-0.25, -0.2) is 9.59 Å². The molecule has 0 saturated carbocycles. The van der Waals surface area contributed by atoms with Crippen LogP contribution in [0.1, 0.15) is 28.7 Å².